The molecule has 2 aromatic carbocycles. The van der Waals surface area contributed by atoms with Gasteiger partial charge in [-0.2, -0.15) is 0 Å². The molecule has 6 nitrogen and oxygen atoms in total. The van der Waals surface area contributed by atoms with Gasteiger partial charge in [0.05, 0.1) is 11.0 Å². The first-order valence-corrected chi connectivity index (χ1v) is 9.86. The molecule has 1 aliphatic rings. The fraction of sp³-hybridized carbons (Fsp3) is 0.333. The topological polar surface area (TPSA) is 61.3 Å². The maximum atomic E-state index is 12.8. The Bertz CT molecular complexity index is 1050. The van der Waals surface area contributed by atoms with Crippen LogP contribution in [0.5, 0.6) is 0 Å². The van der Waals surface area contributed by atoms with Crippen LogP contribution in [0.25, 0.3) is 11.0 Å². The summed E-state index contributed by atoms with van der Waals surface area (Å²) in [5.74, 6) is -0.0306. The van der Waals surface area contributed by atoms with Crippen LogP contribution in [-0.4, -0.2) is 51.4 Å². The number of rotatable bonds is 4. The first kappa shape index (κ1) is 18.8. The van der Waals surface area contributed by atoms with E-state index in [4.69, 9.17) is 11.6 Å². The molecule has 4 rings (SSSR count). The number of aromatic amines is 1. The lowest BCUT2D eigenvalue weighted by Crippen LogP contribution is -2.50. The smallest absolute Gasteiger partial charge is 0.326 e. The highest BCUT2D eigenvalue weighted by Crippen LogP contribution is 2.27. The van der Waals surface area contributed by atoms with E-state index in [1.165, 1.54) is 4.57 Å². The number of nitrogens with one attached hydrogen (secondary N) is 1. The number of para-hydroxylation sites is 2. The highest BCUT2D eigenvalue weighted by molar-refractivity contribution is 6.31. The highest BCUT2D eigenvalue weighted by Gasteiger charge is 2.26. The molecule has 0 saturated carbocycles. The molecule has 0 radical (unpaired) electrons. The van der Waals surface area contributed by atoms with Crippen LogP contribution < -0.4 is 5.69 Å². The van der Waals surface area contributed by atoms with Crippen molar-refractivity contribution in [1.29, 1.82) is 0 Å². The Balaban J connectivity index is 1.41. The number of piperazine rings is 1. The summed E-state index contributed by atoms with van der Waals surface area (Å²) in [7, 11) is 0. The van der Waals surface area contributed by atoms with E-state index in [-0.39, 0.29) is 24.2 Å². The van der Waals surface area contributed by atoms with Gasteiger partial charge in [0.2, 0.25) is 5.91 Å². The zero-order valence-electron chi connectivity index (χ0n) is 15.8. The first-order chi connectivity index (χ1) is 13.5. The number of aromatic nitrogens is 2. The minimum Gasteiger partial charge on any atom is -0.339 e. The summed E-state index contributed by atoms with van der Waals surface area (Å²) in [6, 6.07) is 15.5. The van der Waals surface area contributed by atoms with Crippen LogP contribution >= 0.6 is 11.6 Å². The number of H-pyrrole nitrogens is 1. The van der Waals surface area contributed by atoms with E-state index in [0.29, 0.717) is 13.1 Å². The molecule has 0 spiro atoms. The van der Waals surface area contributed by atoms with E-state index in [0.717, 1.165) is 34.7 Å². The molecule has 1 aliphatic heterocycles. The van der Waals surface area contributed by atoms with Crippen LogP contribution in [0.3, 0.4) is 0 Å². The second-order valence-electron chi connectivity index (χ2n) is 7.15. The van der Waals surface area contributed by atoms with Gasteiger partial charge in [0.1, 0.15) is 6.54 Å². The Kier molecular flexibility index (Phi) is 5.24. The minimum absolute atomic E-state index is 0.0306. The van der Waals surface area contributed by atoms with E-state index in [2.05, 4.69) is 16.8 Å². The number of hydrogen-bond donors (Lipinski definition) is 1. The minimum atomic E-state index is -0.250. The van der Waals surface area contributed by atoms with Crippen molar-refractivity contribution in [1.82, 2.24) is 19.4 Å². The van der Waals surface area contributed by atoms with Gasteiger partial charge in [-0.3, -0.25) is 14.3 Å². The molecule has 1 fully saturated rings. The van der Waals surface area contributed by atoms with Gasteiger partial charge in [-0.25, -0.2) is 4.79 Å². The van der Waals surface area contributed by atoms with Gasteiger partial charge in [0, 0.05) is 37.2 Å². The van der Waals surface area contributed by atoms with Gasteiger partial charge in [-0.05, 0) is 30.7 Å². The predicted octanol–water partition coefficient (Wildman–Crippen LogP) is 2.89. The van der Waals surface area contributed by atoms with Crippen molar-refractivity contribution in [2.24, 2.45) is 0 Å². The average Bonchev–Trinajstić information content (AvgIpc) is 3.03. The second-order valence-corrected chi connectivity index (χ2v) is 7.55. The molecular weight excluding hydrogens is 376 g/mol. The number of amides is 1. The molecule has 1 amide bonds. The number of nitrogens with zero attached hydrogens (tertiary/aromatic N) is 3. The van der Waals surface area contributed by atoms with E-state index < -0.39 is 0 Å². The van der Waals surface area contributed by atoms with Crippen molar-refractivity contribution >= 4 is 28.5 Å². The van der Waals surface area contributed by atoms with Crippen molar-refractivity contribution < 1.29 is 4.79 Å². The maximum Gasteiger partial charge on any atom is 0.326 e. The molecule has 0 bridgehead atoms. The lowest BCUT2D eigenvalue weighted by Gasteiger charge is -2.38. The van der Waals surface area contributed by atoms with Crippen molar-refractivity contribution in [3.05, 3.63) is 69.6 Å². The van der Waals surface area contributed by atoms with E-state index in [1.54, 1.807) is 0 Å². The largest absolute Gasteiger partial charge is 0.339 e. The summed E-state index contributed by atoms with van der Waals surface area (Å²) in [6.45, 7) is 5.05. The molecule has 3 aromatic rings. The van der Waals surface area contributed by atoms with Gasteiger partial charge in [-0.15, -0.1) is 0 Å². The number of carbonyl (C=O) groups excluding carboxylic acids is 1. The third-order valence-electron chi connectivity index (χ3n) is 5.54. The molecule has 1 aromatic heterocycles. The van der Waals surface area contributed by atoms with Crippen LogP contribution in [0.1, 0.15) is 18.5 Å². The summed E-state index contributed by atoms with van der Waals surface area (Å²) in [6.07, 6.45) is 0. The van der Waals surface area contributed by atoms with Gasteiger partial charge < -0.3 is 9.88 Å². The summed E-state index contributed by atoms with van der Waals surface area (Å²) in [5, 5.41) is 0.771. The van der Waals surface area contributed by atoms with Gasteiger partial charge in [-0.1, -0.05) is 41.9 Å². The predicted molar refractivity (Wildman–Crippen MR) is 111 cm³/mol. The zero-order chi connectivity index (χ0) is 19.7. The molecule has 1 N–H and O–H groups in total. The SMILES string of the molecule is CC(c1ccccc1Cl)N1CCN(C(=O)Cn2c(=O)[nH]c3ccccc32)CC1. The van der Waals surface area contributed by atoms with Crippen molar-refractivity contribution in [3.8, 4) is 0 Å². The Morgan fingerprint density at radius 2 is 1.75 bits per heavy atom. The van der Waals surface area contributed by atoms with Crippen LogP contribution in [-0.2, 0) is 11.3 Å². The Morgan fingerprint density at radius 3 is 2.50 bits per heavy atom. The number of imidazole rings is 1. The van der Waals surface area contributed by atoms with Gasteiger partial charge >= 0.3 is 5.69 Å². The second kappa shape index (κ2) is 7.81. The number of carbonyl (C=O) groups is 1. The highest BCUT2D eigenvalue weighted by atomic mass is 35.5. The molecular formula is C21H23ClN4O2. The number of fused-ring (bicyclic) bond motifs is 1. The molecule has 28 heavy (non-hydrogen) atoms. The summed E-state index contributed by atoms with van der Waals surface area (Å²) in [5.41, 5.74) is 2.36. The van der Waals surface area contributed by atoms with Crippen LogP contribution in [0.2, 0.25) is 5.02 Å². The van der Waals surface area contributed by atoms with Crippen LogP contribution in [0.15, 0.2) is 53.3 Å². The van der Waals surface area contributed by atoms with E-state index in [9.17, 15) is 9.59 Å². The van der Waals surface area contributed by atoms with Crippen LogP contribution in [0.4, 0.5) is 0 Å². The fourth-order valence-corrected chi connectivity index (χ4v) is 4.16. The summed E-state index contributed by atoms with van der Waals surface area (Å²) < 4.78 is 1.51. The molecule has 146 valence electrons. The van der Waals surface area contributed by atoms with Crippen molar-refractivity contribution in [2.75, 3.05) is 26.2 Å². The number of benzene rings is 2. The average molecular weight is 399 g/mol. The van der Waals surface area contributed by atoms with Crippen molar-refractivity contribution in [2.45, 2.75) is 19.5 Å². The molecule has 2 heterocycles. The lowest BCUT2D eigenvalue weighted by molar-refractivity contribution is -0.133. The number of halogens is 1. The van der Waals surface area contributed by atoms with Crippen molar-refractivity contribution in [3.63, 3.8) is 0 Å². The van der Waals surface area contributed by atoms with Crippen LogP contribution in [0, 0.1) is 0 Å². The van der Waals surface area contributed by atoms with Gasteiger partial charge in [0.25, 0.3) is 0 Å². The third-order valence-corrected chi connectivity index (χ3v) is 5.89. The Morgan fingerprint density at radius 1 is 1.07 bits per heavy atom. The fourth-order valence-electron chi connectivity index (χ4n) is 3.87. The van der Waals surface area contributed by atoms with Gasteiger partial charge in [0.15, 0.2) is 0 Å². The Hall–Kier alpha value is -2.57. The zero-order valence-corrected chi connectivity index (χ0v) is 16.5. The maximum absolute atomic E-state index is 12.8. The molecule has 0 aliphatic carbocycles. The van der Waals surface area contributed by atoms with E-state index in [1.807, 2.05) is 53.4 Å². The summed E-state index contributed by atoms with van der Waals surface area (Å²) >= 11 is 6.33. The monoisotopic (exact) mass is 398 g/mol. The summed E-state index contributed by atoms with van der Waals surface area (Å²) in [4.78, 5) is 31.9. The molecule has 1 saturated heterocycles. The molecule has 1 atom stereocenters. The molecule has 7 heteroatoms. The Labute approximate surface area is 168 Å². The standard InChI is InChI=1S/C21H23ClN4O2/c1-15(16-6-2-3-7-17(16)22)24-10-12-25(13-11-24)20(27)14-26-19-9-5-4-8-18(19)23-21(26)28/h2-9,15H,10-14H2,1H3,(H,23,28). The van der Waals surface area contributed by atoms with E-state index >= 15 is 0 Å². The lowest BCUT2D eigenvalue weighted by atomic mass is 10.1. The normalized spacial score (nSPS) is 16.4. The number of hydrogen-bond acceptors (Lipinski definition) is 3. The quantitative estimate of drug-likeness (QED) is 0.735. The molecule has 1 unspecified atom stereocenters. The third kappa shape index (κ3) is 3.57. The first-order valence-electron chi connectivity index (χ1n) is 9.48.